The Morgan fingerprint density at radius 2 is 1.96 bits per heavy atom. The molecule has 0 unspecified atom stereocenters. The molecule has 4 rings (SSSR count). The van der Waals surface area contributed by atoms with Gasteiger partial charge in [0.2, 0.25) is 11.8 Å². The normalized spacial score (nSPS) is 46.0. The molecule has 3 fully saturated rings. The third-order valence-corrected chi connectivity index (χ3v) is 8.36. The van der Waals surface area contributed by atoms with Crippen molar-refractivity contribution in [3.05, 3.63) is 11.6 Å². The van der Waals surface area contributed by atoms with Crippen LogP contribution in [0.25, 0.3) is 0 Å². The Morgan fingerprint density at radius 1 is 1.16 bits per heavy atom. The zero-order valence-electron chi connectivity index (χ0n) is 15.9. The van der Waals surface area contributed by atoms with E-state index in [4.69, 9.17) is 0 Å². The average Bonchev–Trinajstić information content (AvgIpc) is 2.77. The summed E-state index contributed by atoms with van der Waals surface area (Å²) in [6.45, 7) is 7.29. The van der Waals surface area contributed by atoms with Gasteiger partial charge >= 0.3 is 0 Å². The number of fused-ring (bicyclic) bond motifs is 5. The summed E-state index contributed by atoms with van der Waals surface area (Å²) in [5.74, 6) is 2.36. The Kier molecular flexibility index (Phi) is 4.01. The van der Waals surface area contributed by atoms with E-state index >= 15 is 0 Å². The summed E-state index contributed by atoms with van der Waals surface area (Å²) in [6, 6.07) is 0.345. The molecule has 1 heterocycles. The lowest BCUT2D eigenvalue weighted by molar-refractivity contribution is -0.121. The Balaban J connectivity index is 1.63. The molecule has 25 heavy (non-hydrogen) atoms. The molecule has 0 bridgehead atoms. The van der Waals surface area contributed by atoms with Gasteiger partial charge in [-0.2, -0.15) is 0 Å². The Morgan fingerprint density at radius 3 is 2.72 bits per heavy atom. The minimum absolute atomic E-state index is 0.101. The number of carbonyl (C=O) groups is 2. The van der Waals surface area contributed by atoms with Gasteiger partial charge in [-0.15, -0.1) is 0 Å². The van der Waals surface area contributed by atoms with E-state index in [-0.39, 0.29) is 22.6 Å². The highest BCUT2D eigenvalue weighted by atomic mass is 16.2. The highest BCUT2D eigenvalue weighted by Crippen LogP contribution is 2.64. The molecule has 2 N–H and O–H groups in total. The van der Waals surface area contributed by atoms with Gasteiger partial charge in [-0.1, -0.05) is 19.4 Å². The first-order chi connectivity index (χ1) is 11.8. The van der Waals surface area contributed by atoms with Gasteiger partial charge in [0.15, 0.2) is 0 Å². The van der Waals surface area contributed by atoms with Crippen molar-refractivity contribution < 1.29 is 9.59 Å². The van der Waals surface area contributed by atoms with E-state index in [0.29, 0.717) is 17.9 Å². The zero-order chi connectivity index (χ0) is 17.8. The molecular formula is C21H32N2O2. The van der Waals surface area contributed by atoms with Gasteiger partial charge in [-0.25, -0.2) is 0 Å². The summed E-state index contributed by atoms with van der Waals surface area (Å²) in [5, 5.41) is 6.29. The van der Waals surface area contributed by atoms with Gasteiger partial charge in [0.1, 0.15) is 0 Å². The second kappa shape index (κ2) is 5.85. The standard InChI is InChI=1S/C21H32N2O2/c1-13(24)23-18-7-6-16-15-5-4-14-12-19(25)22-11-10-20(14,2)17(15)8-9-21(16,18)3/h12,15-18H,4-11H2,1-3H3,(H,22,25)(H,23,24)/t15-,16+,17-,18-,20-,21-/m0/s1. The quantitative estimate of drug-likeness (QED) is 0.767. The fourth-order valence-electron chi connectivity index (χ4n) is 7.05. The molecule has 0 saturated heterocycles. The van der Waals surface area contributed by atoms with Crippen LogP contribution >= 0.6 is 0 Å². The topological polar surface area (TPSA) is 58.2 Å². The molecule has 4 heteroatoms. The second-order valence-corrected chi connectivity index (χ2v) is 9.42. The van der Waals surface area contributed by atoms with E-state index in [1.807, 2.05) is 6.08 Å². The Bertz CT molecular complexity index is 627. The maximum Gasteiger partial charge on any atom is 0.243 e. The molecule has 4 aliphatic rings. The monoisotopic (exact) mass is 344 g/mol. The average molecular weight is 344 g/mol. The van der Waals surface area contributed by atoms with Crippen LogP contribution in [0.15, 0.2) is 11.6 Å². The third kappa shape index (κ3) is 2.55. The molecule has 0 aromatic carbocycles. The molecular weight excluding hydrogens is 312 g/mol. The van der Waals surface area contributed by atoms with Crippen LogP contribution in [0, 0.1) is 28.6 Å². The minimum Gasteiger partial charge on any atom is -0.353 e. The Hall–Kier alpha value is -1.32. The van der Waals surface area contributed by atoms with Crippen LogP contribution in [0.4, 0.5) is 0 Å². The van der Waals surface area contributed by atoms with Crippen LogP contribution in [-0.2, 0) is 9.59 Å². The fourth-order valence-corrected chi connectivity index (χ4v) is 7.05. The van der Waals surface area contributed by atoms with Crippen LogP contribution in [0.5, 0.6) is 0 Å². The maximum absolute atomic E-state index is 12.0. The molecule has 0 aromatic rings. The van der Waals surface area contributed by atoms with Crippen LogP contribution in [0.1, 0.15) is 65.7 Å². The van der Waals surface area contributed by atoms with Crippen molar-refractivity contribution in [2.75, 3.05) is 6.54 Å². The van der Waals surface area contributed by atoms with E-state index < -0.39 is 0 Å². The highest BCUT2D eigenvalue weighted by molar-refractivity contribution is 5.88. The molecule has 1 aliphatic heterocycles. The van der Waals surface area contributed by atoms with Crippen molar-refractivity contribution >= 4 is 11.8 Å². The SMILES string of the molecule is CC(=O)N[C@H]1CC[C@@H]2[C@@H]3CCC4=CC(=O)NCC[C@]4(C)[C@H]3CC[C@]12C. The van der Waals surface area contributed by atoms with Crippen molar-refractivity contribution in [3.8, 4) is 0 Å². The first-order valence-electron chi connectivity index (χ1n) is 10.1. The number of hydrogen-bond donors (Lipinski definition) is 2. The molecule has 0 spiro atoms. The van der Waals surface area contributed by atoms with Gasteiger partial charge in [0.25, 0.3) is 0 Å². The summed E-state index contributed by atoms with van der Waals surface area (Å²) in [6.07, 6.45) is 10.1. The Labute approximate surface area is 151 Å². The molecule has 3 saturated carbocycles. The van der Waals surface area contributed by atoms with E-state index in [1.54, 1.807) is 6.92 Å². The smallest absolute Gasteiger partial charge is 0.243 e. The molecule has 4 nitrogen and oxygen atoms in total. The lowest BCUT2D eigenvalue weighted by atomic mass is 9.48. The molecule has 0 aromatic heterocycles. The molecule has 0 radical (unpaired) electrons. The zero-order valence-corrected chi connectivity index (χ0v) is 15.9. The summed E-state index contributed by atoms with van der Waals surface area (Å²) < 4.78 is 0. The van der Waals surface area contributed by atoms with Crippen molar-refractivity contribution in [1.82, 2.24) is 10.6 Å². The predicted molar refractivity (Wildman–Crippen MR) is 97.7 cm³/mol. The number of rotatable bonds is 1. The largest absolute Gasteiger partial charge is 0.353 e. The summed E-state index contributed by atoms with van der Waals surface area (Å²) in [7, 11) is 0. The van der Waals surface area contributed by atoms with Crippen molar-refractivity contribution in [2.45, 2.75) is 71.8 Å². The van der Waals surface area contributed by atoms with Gasteiger partial charge in [0.05, 0.1) is 0 Å². The van der Waals surface area contributed by atoms with Crippen LogP contribution in [0.3, 0.4) is 0 Å². The minimum atomic E-state index is 0.101. The van der Waals surface area contributed by atoms with E-state index in [1.165, 1.54) is 31.3 Å². The van der Waals surface area contributed by atoms with E-state index in [9.17, 15) is 9.59 Å². The second-order valence-electron chi connectivity index (χ2n) is 9.42. The van der Waals surface area contributed by atoms with Crippen molar-refractivity contribution in [2.24, 2.45) is 28.6 Å². The van der Waals surface area contributed by atoms with Gasteiger partial charge in [-0.3, -0.25) is 9.59 Å². The third-order valence-electron chi connectivity index (χ3n) is 8.36. The lowest BCUT2D eigenvalue weighted by Gasteiger charge is -2.57. The predicted octanol–water partition coefficient (Wildman–Crippen LogP) is 3.18. The highest BCUT2D eigenvalue weighted by Gasteiger charge is 2.58. The number of nitrogens with one attached hydrogen (secondary N) is 2. The first kappa shape index (κ1) is 17.1. The number of hydrogen-bond acceptors (Lipinski definition) is 2. The van der Waals surface area contributed by atoms with Crippen LogP contribution < -0.4 is 10.6 Å². The summed E-state index contributed by atoms with van der Waals surface area (Å²) >= 11 is 0. The van der Waals surface area contributed by atoms with Crippen LogP contribution in [-0.4, -0.2) is 24.4 Å². The summed E-state index contributed by atoms with van der Waals surface area (Å²) in [4.78, 5) is 23.6. The van der Waals surface area contributed by atoms with Gasteiger partial charge < -0.3 is 10.6 Å². The molecule has 3 aliphatic carbocycles. The maximum atomic E-state index is 12.0. The molecule has 6 atom stereocenters. The number of carbonyl (C=O) groups excluding carboxylic acids is 2. The van der Waals surface area contributed by atoms with Crippen LogP contribution in [0.2, 0.25) is 0 Å². The molecule has 138 valence electrons. The molecule has 2 amide bonds. The summed E-state index contributed by atoms with van der Waals surface area (Å²) in [5.41, 5.74) is 1.82. The number of amides is 2. The van der Waals surface area contributed by atoms with E-state index in [0.717, 1.165) is 31.7 Å². The first-order valence-corrected chi connectivity index (χ1v) is 10.1. The lowest BCUT2D eigenvalue weighted by Crippen LogP contribution is -2.53. The number of allylic oxidation sites excluding steroid dienone is 1. The van der Waals surface area contributed by atoms with Crippen molar-refractivity contribution in [1.29, 1.82) is 0 Å². The van der Waals surface area contributed by atoms with Crippen molar-refractivity contribution in [3.63, 3.8) is 0 Å². The van der Waals surface area contributed by atoms with E-state index in [2.05, 4.69) is 24.5 Å². The fraction of sp³-hybridized carbons (Fsp3) is 0.810. The van der Waals surface area contributed by atoms with Gasteiger partial charge in [0, 0.05) is 25.6 Å². The van der Waals surface area contributed by atoms with Gasteiger partial charge in [-0.05, 0) is 73.5 Å².